The SMILES string of the molecule is C=CC1(C)NC(=O)N(c2cnc(Oc3ccc4c(c3)C(C3CC3)OC4)nc2)C1=O. The monoisotopic (exact) mass is 392 g/mol. The standard InChI is InChI=1S/C21H20N4O4/c1-3-21(2)18(26)25(20(27)24-21)14-9-22-19(23-10-14)29-15-7-6-13-11-28-17(12-4-5-12)16(13)8-15/h3,6-10,12,17H,1,4-5,11H2,2H3,(H,24,27). The first-order chi connectivity index (χ1) is 14.0. The number of aromatic nitrogens is 2. The maximum atomic E-state index is 12.5. The highest BCUT2D eigenvalue weighted by Gasteiger charge is 2.46. The van der Waals surface area contributed by atoms with E-state index in [0.29, 0.717) is 18.3 Å². The first-order valence-electron chi connectivity index (χ1n) is 9.53. The Morgan fingerprint density at radius 2 is 2.07 bits per heavy atom. The first kappa shape index (κ1) is 17.8. The largest absolute Gasteiger partial charge is 0.424 e. The highest BCUT2D eigenvalue weighted by Crippen LogP contribution is 2.48. The van der Waals surface area contributed by atoms with E-state index in [1.54, 1.807) is 6.92 Å². The molecule has 8 nitrogen and oxygen atoms in total. The van der Waals surface area contributed by atoms with Gasteiger partial charge in [-0.1, -0.05) is 12.1 Å². The molecule has 1 saturated heterocycles. The fourth-order valence-electron chi connectivity index (χ4n) is 3.70. The van der Waals surface area contributed by atoms with E-state index in [-0.39, 0.29) is 17.8 Å². The Hall–Kier alpha value is -3.26. The number of ether oxygens (including phenoxy) is 2. The van der Waals surface area contributed by atoms with Gasteiger partial charge in [-0.15, -0.1) is 6.58 Å². The van der Waals surface area contributed by atoms with E-state index in [2.05, 4.69) is 21.9 Å². The van der Waals surface area contributed by atoms with Gasteiger partial charge in [0.05, 0.1) is 30.8 Å². The predicted octanol–water partition coefficient (Wildman–Crippen LogP) is 3.25. The van der Waals surface area contributed by atoms with Gasteiger partial charge >= 0.3 is 12.0 Å². The lowest BCUT2D eigenvalue weighted by Crippen LogP contribution is -2.41. The van der Waals surface area contributed by atoms with E-state index in [1.807, 2.05) is 18.2 Å². The number of anilines is 1. The van der Waals surface area contributed by atoms with Crippen molar-refractivity contribution in [2.75, 3.05) is 4.90 Å². The van der Waals surface area contributed by atoms with Gasteiger partial charge in [0, 0.05) is 0 Å². The summed E-state index contributed by atoms with van der Waals surface area (Å²) in [6.07, 6.45) is 6.73. The van der Waals surface area contributed by atoms with E-state index >= 15 is 0 Å². The van der Waals surface area contributed by atoms with Crippen LogP contribution < -0.4 is 15.0 Å². The summed E-state index contributed by atoms with van der Waals surface area (Å²) >= 11 is 0. The van der Waals surface area contributed by atoms with Crippen LogP contribution in [0.5, 0.6) is 11.8 Å². The third-order valence-electron chi connectivity index (χ3n) is 5.60. The maximum absolute atomic E-state index is 12.5. The van der Waals surface area contributed by atoms with Crippen molar-refractivity contribution in [3.8, 4) is 11.8 Å². The summed E-state index contributed by atoms with van der Waals surface area (Å²) in [4.78, 5) is 34.0. The molecule has 0 radical (unpaired) electrons. The Balaban J connectivity index is 1.34. The lowest BCUT2D eigenvalue weighted by Gasteiger charge is -2.16. The predicted molar refractivity (Wildman–Crippen MR) is 103 cm³/mol. The minimum absolute atomic E-state index is 0.133. The van der Waals surface area contributed by atoms with Crippen LogP contribution in [0, 0.1) is 5.92 Å². The van der Waals surface area contributed by atoms with Crippen molar-refractivity contribution in [1.82, 2.24) is 15.3 Å². The number of fused-ring (bicyclic) bond motifs is 1. The minimum Gasteiger partial charge on any atom is -0.424 e. The summed E-state index contributed by atoms with van der Waals surface area (Å²) in [5.74, 6) is 0.800. The van der Waals surface area contributed by atoms with Crippen molar-refractivity contribution in [1.29, 1.82) is 0 Å². The molecular formula is C21H20N4O4. The number of urea groups is 1. The van der Waals surface area contributed by atoms with Crippen molar-refractivity contribution in [3.63, 3.8) is 0 Å². The van der Waals surface area contributed by atoms with Gasteiger partial charge in [-0.3, -0.25) is 4.79 Å². The van der Waals surface area contributed by atoms with Crippen LogP contribution in [-0.4, -0.2) is 27.4 Å². The number of imide groups is 1. The molecular weight excluding hydrogens is 372 g/mol. The Kier molecular flexibility index (Phi) is 3.92. The molecule has 1 N–H and O–H groups in total. The number of rotatable bonds is 5. The molecule has 8 heteroatoms. The lowest BCUT2D eigenvalue weighted by atomic mass is 10.0. The van der Waals surface area contributed by atoms with Crippen LogP contribution in [0.2, 0.25) is 0 Å². The smallest absolute Gasteiger partial charge is 0.330 e. The molecule has 0 spiro atoms. The summed E-state index contributed by atoms with van der Waals surface area (Å²) in [6, 6.07) is 5.44. The van der Waals surface area contributed by atoms with Crippen LogP contribution in [0.1, 0.15) is 37.0 Å². The molecule has 3 amide bonds. The maximum Gasteiger partial charge on any atom is 0.330 e. The number of amides is 3. The van der Waals surface area contributed by atoms with Gasteiger partial charge in [0.1, 0.15) is 11.3 Å². The second-order valence-electron chi connectivity index (χ2n) is 7.73. The number of carbonyl (C=O) groups excluding carboxylic acids is 2. The fourth-order valence-corrected chi connectivity index (χ4v) is 3.70. The Labute approximate surface area is 167 Å². The number of nitrogens with zero attached hydrogens (tertiary/aromatic N) is 3. The van der Waals surface area contributed by atoms with E-state index < -0.39 is 17.5 Å². The summed E-state index contributed by atoms with van der Waals surface area (Å²) in [6.45, 7) is 5.84. The molecule has 2 unspecified atom stereocenters. The molecule has 148 valence electrons. The first-order valence-corrected chi connectivity index (χ1v) is 9.53. The van der Waals surface area contributed by atoms with Crippen molar-refractivity contribution < 1.29 is 19.1 Å². The van der Waals surface area contributed by atoms with Crippen LogP contribution in [0.25, 0.3) is 0 Å². The molecule has 29 heavy (non-hydrogen) atoms. The zero-order valence-electron chi connectivity index (χ0n) is 15.9. The second kappa shape index (κ2) is 6.38. The fraction of sp³-hybridized carbons (Fsp3) is 0.333. The average Bonchev–Trinajstić information content (AvgIpc) is 3.43. The molecule has 3 aliphatic rings. The van der Waals surface area contributed by atoms with Crippen molar-refractivity contribution in [2.24, 2.45) is 5.92 Å². The normalized spacial score (nSPS) is 25.7. The van der Waals surface area contributed by atoms with Crippen LogP contribution in [0.4, 0.5) is 10.5 Å². The number of carbonyl (C=O) groups is 2. The van der Waals surface area contributed by atoms with Gasteiger partial charge < -0.3 is 14.8 Å². The lowest BCUT2D eigenvalue weighted by molar-refractivity contribution is -0.120. The van der Waals surface area contributed by atoms with Gasteiger partial charge in [-0.25, -0.2) is 19.7 Å². The molecule has 1 aromatic heterocycles. The third kappa shape index (κ3) is 2.96. The molecule has 2 aliphatic heterocycles. The minimum atomic E-state index is -1.14. The van der Waals surface area contributed by atoms with Gasteiger partial charge in [-0.05, 0) is 48.9 Å². The van der Waals surface area contributed by atoms with Crippen LogP contribution in [0.3, 0.4) is 0 Å². The number of nitrogens with one attached hydrogen (secondary N) is 1. The summed E-state index contributed by atoms with van der Waals surface area (Å²) in [7, 11) is 0. The zero-order valence-corrected chi connectivity index (χ0v) is 15.9. The summed E-state index contributed by atoms with van der Waals surface area (Å²) in [5, 5.41) is 2.60. The Morgan fingerprint density at radius 1 is 1.31 bits per heavy atom. The molecule has 1 aromatic carbocycles. The van der Waals surface area contributed by atoms with Crippen LogP contribution in [-0.2, 0) is 16.1 Å². The van der Waals surface area contributed by atoms with Crippen molar-refractivity contribution in [2.45, 2.75) is 38.0 Å². The van der Waals surface area contributed by atoms with E-state index in [1.165, 1.54) is 42.4 Å². The molecule has 2 atom stereocenters. The molecule has 3 heterocycles. The average molecular weight is 392 g/mol. The highest BCUT2D eigenvalue weighted by atomic mass is 16.5. The zero-order chi connectivity index (χ0) is 20.2. The van der Waals surface area contributed by atoms with Gasteiger partial charge in [0.25, 0.3) is 5.91 Å². The number of hydrogen-bond acceptors (Lipinski definition) is 6. The molecule has 2 aromatic rings. The van der Waals surface area contributed by atoms with E-state index in [9.17, 15) is 9.59 Å². The van der Waals surface area contributed by atoms with Gasteiger partial charge in [-0.2, -0.15) is 0 Å². The molecule has 1 saturated carbocycles. The quantitative estimate of drug-likeness (QED) is 0.620. The number of benzene rings is 1. The molecule has 5 rings (SSSR count). The highest BCUT2D eigenvalue weighted by molar-refractivity contribution is 6.23. The molecule has 2 fully saturated rings. The number of hydrogen-bond donors (Lipinski definition) is 1. The van der Waals surface area contributed by atoms with Crippen molar-refractivity contribution >= 4 is 17.6 Å². The topological polar surface area (TPSA) is 93.7 Å². The van der Waals surface area contributed by atoms with E-state index in [4.69, 9.17) is 9.47 Å². The summed E-state index contributed by atoms with van der Waals surface area (Å²) < 4.78 is 11.7. The van der Waals surface area contributed by atoms with Gasteiger partial charge in [0.15, 0.2) is 0 Å². The van der Waals surface area contributed by atoms with Crippen LogP contribution in [0.15, 0.2) is 43.2 Å². The van der Waals surface area contributed by atoms with E-state index in [0.717, 1.165) is 4.90 Å². The van der Waals surface area contributed by atoms with Crippen LogP contribution >= 0.6 is 0 Å². The van der Waals surface area contributed by atoms with Gasteiger partial charge in [0.2, 0.25) is 0 Å². The summed E-state index contributed by atoms with van der Waals surface area (Å²) in [5.41, 5.74) is 1.48. The molecule has 1 aliphatic carbocycles. The Morgan fingerprint density at radius 3 is 2.72 bits per heavy atom. The second-order valence-corrected chi connectivity index (χ2v) is 7.73. The van der Waals surface area contributed by atoms with Crippen molar-refractivity contribution in [3.05, 3.63) is 54.4 Å². The third-order valence-corrected chi connectivity index (χ3v) is 5.60. The molecule has 0 bridgehead atoms. The Bertz CT molecular complexity index is 1020.